The summed E-state index contributed by atoms with van der Waals surface area (Å²) in [5.41, 5.74) is 0.500. The number of likely N-dealkylation sites (tertiary alicyclic amines) is 1. The quantitative estimate of drug-likeness (QED) is 0.687. The van der Waals surface area contributed by atoms with Gasteiger partial charge in [-0.3, -0.25) is 4.79 Å². The van der Waals surface area contributed by atoms with Crippen molar-refractivity contribution in [3.63, 3.8) is 0 Å². The number of benzene rings is 2. The average Bonchev–Trinajstić information content (AvgIpc) is 3.20. The molecule has 1 aliphatic rings. The lowest BCUT2D eigenvalue weighted by atomic mass is 10.1. The minimum atomic E-state index is -0.133. The van der Waals surface area contributed by atoms with Crippen LogP contribution in [-0.4, -0.2) is 41.6 Å². The molecule has 2 aromatic carbocycles. The van der Waals surface area contributed by atoms with E-state index in [1.165, 1.54) is 0 Å². The van der Waals surface area contributed by atoms with Gasteiger partial charge in [-0.25, -0.2) is 4.98 Å². The first kappa shape index (κ1) is 17.8. The molecule has 1 amide bonds. The number of aromatic nitrogens is 1. The molecule has 0 radical (unpaired) electrons. The maximum absolute atomic E-state index is 12.5. The molecule has 0 aliphatic carbocycles. The van der Waals surface area contributed by atoms with E-state index >= 15 is 0 Å². The number of rotatable bonds is 5. The summed E-state index contributed by atoms with van der Waals surface area (Å²) in [4.78, 5) is 18.3. The molecule has 1 unspecified atom stereocenters. The fourth-order valence-electron chi connectivity index (χ4n) is 3.26. The number of amides is 1. The van der Waals surface area contributed by atoms with Gasteiger partial charge < -0.3 is 14.4 Å². The van der Waals surface area contributed by atoms with Gasteiger partial charge in [0.25, 0.3) is 5.91 Å². The summed E-state index contributed by atoms with van der Waals surface area (Å²) >= 11 is 0. The number of fused-ring (bicyclic) bond motifs is 1. The molecule has 0 saturated carbocycles. The normalized spacial score (nSPS) is 16.0. The molecule has 4 rings (SSSR count). The zero-order valence-electron chi connectivity index (χ0n) is 15.2. The van der Waals surface area contributed by atoms with Crippen molar-refractivity contribution in [2.24, 2.45) is 0 Å². The summed E-state index contributed by atoms with van der Waals surface area (Å²) in [5.74, 6) is 1.01. The van der Waals surface area contributed by atoms with Crippen LogP contribution in [0.1, 0.15) is 12.0 Å². The van der Waals surface area contributed by atoms with Crippen LogP contribution in [0.2, 0.25) is 0 Å². The maximum atomic E-state index is 12.5. The van der Waals surface area contributed by atoms with Gasteiger partial charge in [-0.1, -0.05) is 30.3 Å². The number of pyridine rings is 1. The highest BCUT2D eigenvalue weighted by atomic mass is 16.5. The van der Waals surface area contributed by atoms with Crippen LogP contribution in [-0.2, 0) is 4.79 Å². The predicted octanol–water partition coefficient (Wildman–Crippen LogP) is 3.17. The van der Waals surface area contributed by atoms with E-state index in [9.17, 15) is 4.79 Å². The second kappa shape index (κ2) is 7.97. The van der Waals surface area contributed by atoms with Crippen molar-refractivity contribution in [3.05, 3.63) is 66.4 Å². The molecule has 0 bridgehead atoms. The third-order valence-electron chi connectivity index (χ3n) is 4.73. The molecule has 1 aliphatic heterocycles. The number of hydrogen-bond donors (Lipinski definition) is 0. The zero-order chi connectivity index (χ0) is 19.3. The maximum Gasteiger partial charge on any atom is 0.260 e. The summed E-state index contributed by atoms with van der Waals surface area (Å²) in [5, 5.41) is 11.2. The van der Waals surface area contributed by atoms with Gasteiger partial charge in [0.05, 0.1) is 18.2 Å². The minimum absolute atomic E-state index is 0.00672. The summed E-state index contributed by atoms with van der Waals surface area (Å²) in [7, 11) is 0. The van der Waals surface area contributed by atoms with E-state index in [1.807, 2.05) is 42.5 Å². The molecule has 1 fully saturated rings. The molecule has 6 heteroatoms. The summed E-state index contributed by atoms with van der Waals surface area (Å²) in [6, 6.07) is 19.1. The first-order valence-corrected chi connectivity index (χ1v) is 9.13. The number of carbonyl (C=O) groups is 1. The van der Waals surface area contributed by atoms with E-state index in [2.05, 4.69) is 11.1 Å². The number of carbonyl (C=O) groups excluding carboxylic acids is 1. The van der Waals surface area contributed by atoms with Crippen molar-refractivity contribution in [1.29, 1.82) is 5.26 Å². The van der Waals surface area contributed by atoms with Crippen molar-refractivity contribution < 1.29 is 14.3 Å². The molecule has 0 spiro atoms. The number of nitrogens with zero attached hydrogens (tertiary/aromatic N) is 3. The van der Waals surface area contributed by atoms with Crippen molar-refractivity contribution >= 4 is 16.7 Å². The van der Waals surface area contributed by atoms with E-state index < -0.39 is 0 Å². The Bertz CT molecular complexity index is 1040. The summed E-state index contributed by atoms with van der Waals surface area (Å²) in [6.45, 7) is 1.09. The van der Waals surface area contributed by atoms with Gasteiger partial charge in [-0.2, -0.15) is 5.26 Å². The molecule has 1 aromatic heterocycles. The molecule has 2 heterocycles. The van der Waals surface area contributed by atoms with Crippen LogP contribution in [0.15, 0.2) is 60.8 Å². The Hall–Kier alpha value is -3.59. The third kappa shape index (κ3) is 4.04. The lowest BCUT2D eigenvalue weighted by molar-refractivity contribution is -0.132. The summed E-state index contributed by atoms with van der Waals surface area (Å²) in [6.07, 6.45) is 2.13. The fourth-order valence-corrected chi connectivity index (χ4v) is 3.26. The first-order chi connectivity index (χ1) is 13.7. The first-order valence-electron chi connectivity index (χ1n) is 9.13. The minimum Gasteiger partial charge on any atom is -0.484 e. The number of hydrogen-bond acceptors (Lipinski definition) is 5. The fraction of sp³-hybridized carbons (Fsp3) is 0.227. The van der Waals surface area contributed by atoms with Gasteiger partial charge in [0.15, 0.2) is 6.61 Å². The van der Waals surface area contributed by atoms with Gasteiger partial charge in [0.1, 0.15) is 11.9 Å². The molecule has 1 saturated heterocycles. The molecule has 28 heavy (non-hydrogen) atoms. The van der Waals surface area contributed by atoms with Crippen LogP contribution >= 0.6 is 0 Å². The second-order valence-electron chi connectivity index (χ2n) is 6.66. The van der Waals surface area contributed by atoms with Crippen molar-refractivity contribution in [1.82, 2.24) is 9.88 Å². The van der Waals surface area contributed by atoms with Crippen molar-refractivity contribution in [2.75, 3.05) is 19.7 Å². The lowest BCUT2D eigenvalue weighted by Gasteiger charge is -2.17. The Morgan fingerprint density at radius 3 is 2.89 bits per heavy atom. The topological polar surface area (TPSA) is 75.5 Å². The lowest BCUT2D eigenvalue weighted by Crippen LogP contribution is -2.34. The van der Waals surface area contributed by atoms with Crippen LogP contribution in [0.4, 0.5) is 0 Å². The second-order valence-corrected chi connectivity index (χ2v) is 6.66. The van der Waals surface area contributed by atoms with Gasteiger partial charge >= 0.3 is 0 Å². The van der Waals surface area contributed by atoms with Crippen LogP contribution in [0.3, 0.4) is 0 Å². The van der Waals surface area contributed by atoms with E-state index in [4.69, 9.17) is 14.7 Å². The average molecular weight is 373 g/mol. The Morgan fingerprint density at radius 1 is 1.18 bits per heavy atom. The molecular weight excluding hydrogens is 354 g/mol. The van der Waals surface area contributed by atoms with E-state index in [0.29, 0.717) is 30.3 Å². The van der Waals surface area contributed by atoms with Crippen LogP contribution < -0.4 is 9.47 Å². The smallest absolute Gasteiger partial charge is 0.260 e. The predicted molar refractivity (Wildman–Crippen MR) is 104 cm³/mol. The molecular formula is C22H19N3O3. The Kier molecular flexibility index (Phi) is 5.07. The van der Waals surface area contributed by atoms with Gasteiger partial charge in [0, 0.05) is 25.2 Å². The SMILES string of the molecule is N#Cc1ccnc(OC2CCN(C(=O)COc3ccc4ccccc4c3)C2)c1. The monoisotopic (exact) mass is 373 g/mol. The Balaban J connectivity index is 1.31. The molecule has 1 atom stereocenters. The highest BCUT2D eigenvalue weighted by molar-refractivity contribution is 5.84. The highest BCUT2D eigenvalue weighted by Crippen LogP contribution is 2.21. The molecule has 0 N–H and O–H groups in total. The Morgan fingerprint density at radius 2 is 2.04 bits per heavy atom. The summed E-state index contributed by atoms with van der Waals surface area (Å²) < 4.78 is 11.5. The highest BCUT2D eigenvalue weighted by Gasteiger charge is 2.28. The van der Waals surface area contributed by atoms with Gasteiger partial charge in [-0.05, 0) is 29.0 Å². The van der Waals surface area contributed by atoms with Crippen LogP contribution in [0.25, 0.3) is 10.8 Å². The molecule has 6 nitrogen and oxygen atoms in total. The van der Waals surface area contributed by atoms with E-state index in [1.54, 1.807) is 23.2 Å². The Labute approximate surface area is 162 Å². The van der Waals surface area contributed by atoms with E-state index in [0.717, 1.165) is 17.2 Å². The third-order valence-corrected chi connectivity index (χ3v) is 4.73. The molecule has 140 valence electrons. The van der Waals surface area contributed by atoms with Crippen molar-refractivity contribution in [3.8, 4) is 17.7 Å². The van der Waals surface area contributed by atoms with Gasteiger partial charge in [-0.15, -0.1) is 0 Å². The van der Waals surface area contributed by atoms with Gasteiger partial charge in [0.2, 0.25) is 5.88 Å². The molecule has 3 aromatic rings. The van der Waals surface area contributed by atoms with Crippen molar-refractivity contribution in [2.45, 2.75) is 12.5 Å². The van der Waals surface area contributed by atoms with E-state index in [-0.39, 0.29) is 18.6 Å². The zero-order valence-corrected chi connectivity index (χ0v) is 15.2. The number of nitriles is 1. The number of ether oxygens (including phenoxy) is 2. The van der Waals surface area contributed by atoms with Crippen LogP contribution in [0, 0.1) is 11.3 Å². The van der Waals surface area contributed by atoms with Crippen LogP contribution in [0.5, 0.6) is 11.6 Å². The standard InChI is InChI=1S/C22H19N3O3/c23-13-16-7-9-24-21(11-16)28-20-8-10-25(14-20)22(26)15-27-19-6-5-17-3-1-2-4-18(17)12-19/h1-7,9,11-12,20H,8,10,14-15H2. The largest absolute Gasteiger partial charge is 0.484 e.